The molecule has 0 unspecified atom stereocenters. The number of rotatable bonds is 0. The summed E-state index contributed by atoms with van der Waals surface area (Å²) in [5, 5.41) is 0. The molecule has 4 heteroatoms. The molecular weight excluding hydrogens is 228 g/mol. The Kier molecular flexibility index (Phi) is 20.0. The van der Waals surface area contributed by atoms with Crippen molar-refractivity contribution in [2.45, 2.75) is 0 Å². The zero-order chi connectivity index (χ0) is 2.71. The summed E-state index contributed by atoms with van der Waals surface area (Å²) in [7, 11) is 0. The second kappa shape index (κ2) is 8.82. The standard InChI is InChI=1S/Ce.Fe.2O. The maximum absolute atomic E-state index is 8.57. The van der Waals surface area contributed by atoms with E-state index in [1.807, 2.05) is 0 Å². The van der Waals surface area contributed by atoms with E-state index in [0.717, 1.165) is 0 Å². The molecule has 0 bridgehead atoms. The van der Waals surface area contributed by atoms with Gasteiger partial charge in [-0.2, -0.15) is 0 Å². The van der Waals surface area contributed by atoms with Crippen molar-refractivity contribution in [2.24, 2.45) is 0 Å². The van der Waals surface area contributed by atoms with Crippen LogP contribution >= 0.6 is 0 Å². The van der Waals surface area contributed by atoms with E-state index in [9.17, 15) is 0 Å². The van der Waals surface area contributed by atoms with Gasteiger partial charge in [-0.15, -0.1) is 0 Å². The molecule has 0 spiro atoms. The van der Waals surface area contributed by atoms with Crippen LogP contribution in [-0.2, 0) is 18.9 Å². The molecule has 0 rings (SSSR count). The van der Waals surface area contributed by atoms with E-state index in [1.54, 1.807) is 0 Å². The molecule has 0 aliphatic carbocycles. The average molecular weight is 228 g/mol. The molecule has 0 atom stereocenters. The second-order valence-corrected chi connectivity index (χ2v) is 0.607. The van der Waals surface area contributed by atoms with E-state index >= 15 is 0 Å². The molecule has 4 heavy (non-hydrogen) atoms. The summed E-state index contributed by atoms with van der Waals surface area (Å²) in [6.07, 6.45) is 0. The molecule has 0 aromatic rings. The normalized spacial score (nSPS) is 2.00. The molecule has 0 saturated heterocycles. The fourth-order valence-corrected chi connectivity index (χ4v) is 0. The van der Waals surface area contributed by atoms with Crippen LogP contribution in [0.25, 0.3) is 0 Å². The fourth-order valence-electron chi connectivity index (χ4n) is 0. The monoisotopic (exact) mass is 228 g/mol. The summed E-state index contributed by atoms with van der Waals surface area (Å²) in [4.78, 5) is 0. The Balaban J connectivity index is 0. The van der Waals surface area contributed by atoms with Gasteiger partial charge >= 0.3 is 39.7 Å². The van der Waals surface area contributed by atoms with Crippen LogP contribution in [0.1, 0.15) is 0 Å². The van der Waals surface area contributed by atoms with Crippen molar-refractivity contribution in [3.8, 4) is 0 Å². The van der Waals surface area contributed by atoms with E-state index in [0.29, 0.717) is 0 Å². The van der Waals surface area contributed by atoms with Gasteiger partial charge in [-0.1, -0.05) is 0 Å². The van der Waals surface area contributed by atoms with Crippen molar-refractivity contribution in [3.05, 3.63) is 0 Å². The first-order chi connectivity index (χ1) is 1.41. The van der Waals surface area contributed by atoms with Gasteiger partial charge in [-0.05, 0) is 0 Å². The fraction of sp³-hybridized carbons (Fsp3) is 0. The van der Waals surface area contributed by atoms with Gasteiger partial charge in [0.1, 0.15) is 0 Å². The third-order valence-electron chi connectivity index (χ3n) is 0. The Hall–Kier alpha value is 1.50. The predicted octanol–water partition coefficient (Wildman–Crippen LogP) is -0.240. The van der Waals surface area contributed by atoms with Crippen LogP contribution in [0.4, 0.5) is 0 Å². The Labute approximate surface area is 55.8 Å². The molecule has 0 fully saturated rings. The van der Waals surface area contributed by atoms with Gasteiger partial charge in [0.25, 0.3) is 0 Å². The molecular formula is CeFeO2. The van der Waals surface area contributed by atoms with E-state index in [4.69, 9.17) is 1.88 Å². The van der Waals surface area contributed by atoms with Crippen molar-refractivity contribution < 1.29 is 56.7 Å². The van der Waals surface area contributed by atoms with Gasteiger partial charge in [0.2, 0.25) is 0 Å². The Bertz CT molecular complexity index is 27.0. The zero-order valence-electron chi connectivity index (χ0n) is 1.67. The first-order valence-corrected chi connectivity index (χ1v) is 2.97. The van der Waals surface area contributed by atoms with Gasteiger partial charge in [0.05, 0.1) is 0 Å². The van der Waals surface area contributed by atoms with Crippen LogP contribution in [0, 0.1) is 37.8 Å². The molecule has 2 nitrogen and oxygen atoms in total. The summed E-state index contributed by atoms with van der Waals surface area (Å²) in [6.45, 7) is 0. The third-order valence-corrected chi connectivity index (χ3v) is 0. The molecule has 0 amide bonds. The summed E-state index contributed by atoms with van der Waals surface area (Å²) in [6, 6.07) is 0. The minimum absolute atomic E-state index is 0. The van der Waals surface area contributed by atoms with Crippen LogP contribution < -0.4 is 0 Å². The summed E-state index contributed by atoms with van der Waals surface area (Å²) < 4.78 is 17.1. The summed E-state index contributed by atoms with van der Waals surface area (Å²) in [5.74, 6) is 0. The Morgan fingerprint density at radius 1 is 1.25 bits per heavy atom. The summed E-state index contributed by atoms with van der Waals surface area (Å²) >= 11 is -2.42. The molecule has 24 valence electrons. The average Bonchev–Trinajstić information content (AvgIpc) is 0.918. The molecule has 0 radical (unpaired) electrons. The quantitative estimate of drug-likeness (QED) is 0.536. The Morgan fingerprint density at radius 3 is 1.25 bits per heavy atom. The van der Waals surface area contributed by atoms with E-state index < -0.39 is 37.8 Å². The number of hydrogen-bond acceptors (Lipinski definition) is 2. The molecule has 0 saturated carbocycles. The van der Waals surface area contributed by atoms with Crippen molar-refractivity contribution >= 4 is 0 Å². The molecule has 0 aromatic heterocycles. The van der Waals surface area contributed by atoms with Gasteiger partial charge in [0.15, 0.2) is 0 Å². The van der Waals surface area contributed by atoms with E-state index in [-0.39, 0.29) is 17.1 Å². The minimum atomic E-state index is -2.42. The van der Waals surface area contributed by atoms with Crippen LogP contribution in [0.3, 0.4) is 0 Å². The van der Waals surface area contributed by atoms with Gasteiger partial charge in [-0.3, -0.25) is 0 Å². The van der Waals surface area contributed by atoms with Crippen LogP contribution in [0.5, 0.6) is 0 Å². The maximum atomic E-state index is 8.57. The van der Waals surface area contributed by atoms with Crippen molar-refractivity contribution in [1.82, 2.24) is 0 Å². The zero-order valence-corrected chi connectivity index (χ0v) is 5.91. The van der Waals surface area contributed by atoms with Crippen LogP contribution in [0.2, 0.25) is 0 Å². The Morgan fingerprint density at radius 2 is 1.25 bits per heavy atom. The van der Waals surface area contributed by atoms with Gasteiger partial charge < -0.3 is 0 Å². The first-order valence-electron chi connectivity index (χ1n) is 0.408. The topological polar surface area (TPSA) is 34.1 Å². The number of hydrogen-bond donors (Lipinski definition) is 0. The SMILES string of the molecule is [Fe].[O]=[Ce]=[O]. The molecule has 0 aliphatic rings. The first kappa shape index (κ1) is 9.09. The van der Waals surface area contributed by atoms with E-state index in [2.05, 4.69) is 0 Å². The van der Waals surface area contributed by atoms with Gasteiger partial charge in [0, 0.05) is 17.1 Å². The molecule has 0 aliphatic heterocycles. The second-order valence-electron chi connectivity index (χ2n) is 0.0833. The predicted molar refractivity (Wildman–Crippen MR) is 1.37 cm³/mol. The van der Waals surface area contributed by atoms with Crippen molar-refractivity contribution in [2.75, 3.05) is 0 Å². The third kappa shape index (κ3) is 9.73. The van der Waals surface area contributed by atoms with Crippen LogP contribution in [-0.4, -0.2) is 0 Å². The van der Waals surface area contributed by atoms with Gasteiger partial charge in [-0.25, -0.2) is 0 Å². The molecule has 0 heterocycles. The van der Waals surface area contributed by atoms with Crippen molar-refractivity contribution in [1.29, 1.82) is 0 Å². The van der Waals surface area contributed by atoms with E-state index in [1.165, 1.54) is 0 Å². The van der Waals surface area contributed by atoms with Crippen molar-refractivity contribution in [3.63, 3.8) is 0 Å². The molecule has 0 N–H and O–H groups in total. The van der Waals surface area contributed by atoms with Crippen LogP contribution in [0.15, 0.2) is 0 Å². The molecule has 0 aromatic carbocycles. The summed E-state index contributed by atoms with van der Waals surface area (Å²) in [5.41, 5.74) is 0.